The van der Waals surface area contributed by atoms with Crippen molar-refractivity contribution in [2.45, 2.75) is 27.7 Å². The van der Waals surface area contributed by atoms with E-state index in [4.69, 9.17) is 4.74 Å². The van der Waals surface area contributed by atoms with Gasteiger partial charge in [-0.25, -0.2) is 0 Å². The first-order valence-electron chi connectivity index (χ1n) is 10.9. The highest BCUT2D eigenvalue weighted by Gasteiger charge is 2.13. The van der Waals surface area contributed by atoms with Crippen LogP contribution in [0.5, 0.6) is 5.75 Å². The number of anilines is 2. The van der Waals surface area contributed by atoms with Crippen molar-refractivity contribution in [1.29, 1.82) is 5.26 Å². The maximum Gasteiger partial charge on any atom is 0.266 e. The van der Waals surface area contributed by atoms with Crippen LogP contribution in [0.25, 0.3) is 6.08 Å². The molecular weight excluding hydrogens is 426 g/mol. The minimum absolute atomic E-state index is 0.0735. The van der Waals surface area contributed by atoms with Crippen molar-refractivity contribution in [3.63, 3.8) is 0 Å². The van der Waals surface area contributed by atoms with Crippen LogP contribution in [0, 0.1) is 39.0 Å². The van der Waals surface area contributed by atoms with Crippen LogP contribution in [0.15, 0.2) is 66.2 Å². The van der Waals surface area contributed by atoms with Gasteiger partial charge in [-0.3, -0.25) is 9.59 Å². The number of hydrogen-bond donors (Lipinski definition) is 2. The van der Waals surface area contributed by atoms with Gasteiger partial charge >= 0.3 is 0 Å². The predicted octanol–water partition coefficient (Wildman–Crippen LogP) is 5.48. The van der Waals surface area contributed by atoms with Crippen LogP contribution in [0.2, 0.25) is 0 Å². The molecule has 0 bridgehead atoms. The number of hydrogen-bond acceptors (Lipinski definition) is 4. The van der Waals surface area contributed by atoms with Crippen LogP contribution in [-0.4, -0.2) is 18.4 Å². The lowest BCUT2D eigenvalue weighted by Crippen LogP contribution is -2.20. The minimum atomic E-state index is -0.517. The van der Waals surface area contributed by atoms with Crippen LogP contribution in [0.3, 0.4) is 0 Å². The van der Waals surface area contributed by atoms with Gasteiger partial charge in [-0.15, -0.1) is 0 Å². The summed E-state index contributed by atoms with van der Waals surface area (Å²) in [6.45, 7) is 7.64. The highest BCUT2D eigenvalue weighted by Crippen LogP contribution is 2.23. The Hall–Kier alpha value is -4.37. The van der Waals surface area contributed by atoms with E-state index in [0.29, 0.717) is 22.7 Å². The Labute approximate surface area is 199 Å². The average Bonchev–Trinajstić information content (AvgIpc) is 2.81. The molecule has 0 fully saturated rings. The molecule has 3 aromatic rings. The van der Waals surface area contributed by atoms with Gasteiger partial charge in [-0.1, -0.05) is 42.0 Å². The third-order valence-corrected chi connectivity index (χ3v) is 5.36. The second kappa shape index (κ2) is 11.0. The summed E-state index contributed by atoms with van der Waals surface area (Å²) in [4.78, 5) is 25.1. The van der Waals surface area contributed by atoms with Crippen molar-refractivity contribution in [1.82, 2.24) is 0 Å². The van der Waals surface area contributed by atoms with Crippen LogP contribution in [-0.2, 0) is 9.59 Å². The number of para-hydroxylation sites is 1. The molecule has 2 amide bonds. The molecule has 3 rings (SSSR count). The van der Waals surface area contributed by atoms with Gasteiger partial charge in [0, 0.05) is 16.9 Å². The van der Waals surface area contributed by atoms with Crippen LogP contribution < -0.4 is 15.4 Å². The molecule has 0 aliphatic heterocycles. The molecule has 0 unspecified atom stereocenters. The maximum absolute atomic E-state index is 12.7. The SMILES string of the molecule is Cc1ccc(NC(=O)/C(C#N)=C/c2ccccc2OCC(=O)Nc2ccc(C)c(C)c2)c(C)c1. The molecule has 0 saturated carbocycles. The van der Waals surface area contributed by atoms with Crippen molar-refractivity contribution in [3.8, 4) is 11.8 Å². The van der Waals surface area contributed by atoms with E-state index in [-0.39, 0.29) is 18.1 Å². The normalized spacial score (nSPS) is 10.9. The maximum atomic E-state index is 12.7. The van der Waals surface area contributed by atoms with Crippen LogP contribution in [0.1, 0.15) is 27.8 Å². The highest BCUT2D eigenvalue weighted by molar-refractivity contribution is 6.10. The Kier molecular flexibility index (Phi) is 7.83. The molecule has 34 heavy (non-hydrogen) atoms. The minimum Gasteiger partial charge on any atom is -0.483 e. The summed E-state index contributed by atoms with van der Waals surface area (Å²) in [5.41, 5.74) is 6.00. The van der Waals surface area contributed by atoms with Crippen molar-refractivity contribution in [3.05, 3.63) is 94.1 Å². The van der Waals surface area contributed by atoms with Gasteiger partial charge in [0.05, 0.1) is 0 Å². The second-order valence-electron chi connectivity index (χ2n) is 8.12. The average molecular weight is 454 g/mol. The first kappa shape index (κ1) is 24.3. The molecule has 0 aromatic heterocycles. The molecule has 172 valence electrons. The molecule has 0 radical (unpaired) electrons. The van der Waals surface area contributed by atoms with Gasteiger partial charge in [0.1, 0.15) is 17.4 Å². The third-order valence-electron chi connectivity index (χ3n) is 5.36. The monoisotopic (exact) mass is 453 g/mol. The first-order valence-corrected chi connectivity index (χ1v) is 10.9. The molecule has 0 atom stereocenters. The van der Waals surface area contributed by atoms with E-state index in [1.165, 1.54) is 6.08 Å². The number of aryl methyl sites for hydroxylation is 4. The fraction of sp³-hybridized carbons (Fsp3) is 0.179. The van der Waals surface area contributed by atoms with E-state index in [1.54, 1.807) is 24.3 Å². The lowest BCUT2D eigenvalue weighted by molar-refractivity contribution is -0.118. The van der Waals surface area contributed by atoms with Crippen molar-refractivity contribution >= 4 is 29.3 Å². The Morgan fingerprint density at radius 1 is 0.912 bits per heavy atom. The van der Waals surface area contributed by atoms with Crippen molar-refractivity contribution in [2.24, 2.45) is 0 Å². The second-order valence-corrected chi connectivity index (χ2v) is 8.12. The number of rotatable bonds is 7. The molecule has 0 aliphatic rings. The van der Waals surface area contributed by atoms with E-state index < -0.39 is 5.91 Å². The number of amides is 2. The zero-order valence-electron chi connectivity index (χ0n) is 19.7. The summed E-state index contributed by atoms with van der Waals surface area (Å²) in [7, 11) is 0. The standard InChI is InChI=1S/C28H27N3O3/c1-18-9-12-25(21(4)13-18)31-28(33)23(16-29)15-22-7-5-6-8-26(22)34-17-27(32)30-24-11-10-19(2)20(3)14-24/h5-15H,17H2,1-4H3,(H,30,32)(H,31,33)/b23-15+. The number of benzene rings is 3. The highest BCUT2D eigenvalue weighted by atomic mass is 16.5. The largest absolute Gasteiger partial charge is 0.483 e. The molecule has 6 nitrogen and oxygen atoms in total. The van der Waals surface area contributed by atoms with E-state index in [0.717, 1.165) is 22.3 Å². The molecule has 0 spiro atoms. The van der Waals surface area contributed by atoms with E-state index in [2.05, 4.69) is 10.6 Å². The quantitative estimate of drug-likeness (QED) is 0.366. The fourth-order valence-corrected chi connectivity index (χ4v) is 3.34. The summed E-state index contributed by atoms with van der Waals surface area (Å²) in [5.74, 6) is -0.434. The zero-order valence-corrected chi connectivity index (χ0v) is 19.7. The first-order chi connectivity index (χ1) is 16.3. The van der Waals surface area contributed by atoms with Gasteiger partial charge in [0.2, 0.25) is 0 Å². The fourth-order valence-electron chi connectivity index (χ4n) is 3.34. The summed E-state index contributed by atoms with van der Waals surface area (Å²) in [6, 6.07) is 20.2. The van der Waals surface area contributed by atoms with Gasteiger partial charge in [-0.2, -0.15) is 5.26 Å². The summed E-state index contributed by atoms with van der Waals surface area (Å²) < 4.78 is 5.70. The Balaban J connectivity index is 1.71. The van der Waals surface area contributed by atoms with E-state index in [9.17, 15) is 14.9 Å². The third kappa shape index (κ3) is 6.33. The lowest BCUT2D eigenvalue weighted by Gasteiger charge is -2.11. The number of carbonyl (C=O) groups excluding carboxylic acids is 2. The van der Waals surface area contributed by atoms with Gasteiger partial charge in [0.15, 0.2) is 6.61 Å². The molecule has 0 saturated heterocycles. The molecule has 3 aromatic carbocycles. The van der Waals surface area contributed by atoms with Crippen LogP contribution >= 0.6 is 0 Å². The number of ether oxygens (including phenoxy) is 1. The van der Waals surface area contributed by atoms with Gasteiger partial charge in [0.25, 0.3) is 11.8 Å². The predicted molar refractivity (Wildman–Crippen MR) is 135 cm³/mol. The Morgan fingerprint density at radius 2 is 1.68 bits per heavy atom. The molecule has 0 heterocycles. The number of nitriles is 1. The lowest BCUT2D eigenvalue weighted by atomic mass is 10.1. The summed E-state index contributed by atoms with van der Waals surface area (Å²) >= 11 is 0. The van der Waals surface area contributed by atoms with Crippen molar-refractivity contribution < 1.29 is 14.3 Å². The zero-order chi connectivity index (χ0) is 24.7. The number of nitrogens with zero attached hydrogens (tertiary/aromatic N) is 1. The van der Waals surface area contributed by atoms with Crippen molar-refractivity contribution in [2.75, 3.05) is 17.2 Å². The topological polar surface area (TPSA) is 91.2 Å². The van der Waals surface area contributed by atoms with E-state index >= 15 is 0 Å². The molecule has 2 N–H and O–H groups in total. The van der Waals surface area contributed by atoms with Crippen LogP contribution in [0.4, 0.5) is 11.4 Å². The van der Waals surface area contributed by atoms with E-state index in [1.807, 2.05) is 70.2 Å². The number of nitrogens with one attached hydrogen (secondary N) is 2. The summed E-state index contributed by atoms with van der Waals surface area (Å²) in [6.07, 6.45) is 1.45. The van der Waals surface area contributed by atoms with Gasteiger partial charge in [-0.05, 0) is 74.7 Å². The summed E-state index contributed by atoms with van der Waals surface area (Å²) in [5, 5.41) is 15.2. The molecule has 6 heteroatoms. The number of carbonyl (C=O) groups is 2. The smallest absolute Gasteiger partial charge is 0.266 e. The van der Waals surface area contributed by atoms with Gasteiger partial charge < -0.3 is 15.4 Å². The molecular formula is C28H27N3O3. The molecule has 0 aliphatic carbocycles. The Morgan fingerprint density at radius 3 is 2.38 bits per heavy atom. The Bertz CT molecular complexity index is 1300.